The van der Waals surface area contributed by atoms with Gasteiger partial charge in [-0.25, -0.2) is 9.59 Å². The zero-order valence-electron chi connectivity index (χ0n) is 13.5. The van der Waals surface area contributed by atoms with Crippen LogP contribution < -0.4 is 14.8 Å². The molecule has 1 amide bonds. The predicted molar refractivity (Wildman–Crippen MR) is 88.0 cm³/mol. The van der Waals surface area contributed by atoms with Crippen LogP contribution in [0.5, 0.6) is 11.5 Å². The first kappa shape index (κ1) is 17.1. The number of amides is 1. The lowest BCUT2D eigenvalue weighted by Crippen LogP contribution is -2.12. The molecule has 0 aliphatic heterocycles. The van der Waals surface area contributed by atoms with Gasteiger partial charge in [-0.15, -0.1) is 0 Å². The van der Waals surface area contributed by atoms with Crippen molar-refractivity contribution in [1.29, 1.82) is 0 Å². The van der Waals surface area contributed by atoms with Gasteiger partial charge in [0.25, 0.3) is 0 Å². The van der Waals surface area contributed by atoms with Gasteiger partial charge in [0.1, 0.15) is 17.1 Å². The van der Waals surface area contributed by atoms with Crippen LogP contribution in [0.2, 0.25) is 0 Å². The van der Waals surface area contributed by atoms with E-state index < -0.39 is 12.1 Å². The van der Waals surface area contributed by atoms with Crippen LogP contribution in [0.3, 0.4) is 0 Å². The predicted octanol–water partition coefficient (Wildman–Crippen LogP) is 3.25. The standard InChI is InChI=1S/C17H17NO6/c1-22-11-5-6-12(14(9-11)18-17(21)24-3)10-4-7-15(23-2)13(8-10)16(19)20/h4-9H,1-3H3,(H,18,21)(H,19,20). The van der Waals surface area contributed by atoms with Gasteiger partial charge in [-0.3, -0.25) is 5.32 Å². The molecule has 0 spiro atoms. The molecule has 0 radical (unpaired) electrons. The number of hydrogen-bond acceptors (Lipinski definition) is 5. The van der Waals surface area contributed by atoms with Crippen molar-refractivity contribution < 1.29 is 28.9 Å². The van der Waals surface area contributed by atoms with E-state index in [2.05, 4.69) is 10.1 Å². The molecule has 0 saturated heterocycles. The van der Waals surface area contributed by atoms with Gasteiger partial charge in [0.2, 0.25) is 0 Å². The van der Waals surface area contributed by atoms with Gasteiger partial charge in [0.05, 0.1) is 27.0 Å². The summed E-state index contributed by atoms with van der Waals surface area (Å²) in [6.45, 7) is 0. The van der Waals surface area contributed by atoms with Crippen molar-refractivity contribution in [3.63, 3.8) is 0 Å². The summed E-state index contributed by atoms with van der Waals surface area (Å²) in [5, 5.41) is 11.9. The molecule has 0 aliphatic carbocycles. The van der Waals surface area contributed by atoms with E-state index in [1.807, 2.05) is 0 Å². The van der Waals surface area contributed by atoms with Crippen molar-refractivity contribution in [2.75, 3.05) is 26.6 Å². The number of carbonyl (C=O) groups is 2. The summed E-state index contributed by atoms with van der Waals surface area (Å²) in [5.74, 6) is -0.316. The lowest BCUT2D eigenvalue weighted by molar-refractivity contribution is 0.0693. The second kappa shape index (κ2) is 7.36. The van der Waals surface area contributed by atoms with Gasteiger partial charge in [0.15, 0.2) is 0 Å². The minimum atomic E-state index is -1.11. The number of methoxy groups -OCH3 is 3. The largest absolute Gasteiger partial charge is 0.497 e. The van der Waals surface area contributed by atoms with Crippen molar-refractivity contribution in [2.24, 2.45) is 0 Å². The van der Waals surface area contributed by atoms with E-state index in [4.69, 9.17) is 9.47 Å². The second-order valence-electron chi connectivity index (χ2n) is 4.75. The van der Waals surface area contributed by atoms with E-state index in [0.717, 1.165) is 0 Å². The minimum absolute atomic E-state index is 0.0230. The molecular weight excluding hydrogens is 314 g/mol. The number of nitrogens with one attached hydrogen (secondary N) is 1. The lowest BCUT2D eigenvalue weighted by atomic mass is 10.0. The molecule has 126 valence electrons. The minimum Gasteiger partial charge on any atom is -0.497 e. The van der Waals surface area contributed by atoms with Crippen LogP contribution in [0.15, 0.2) is 36.4 Å². The summed E-state index contributed by atoms with van der Waals surface area (Å²) in [4.78, 5) is 22.9. The van der Waals surface area contributed by atoms with Gasteiger partial charge in [0, 0.05) is 11.6 Å². The Labute approximate surface area is 138 Å². The normalized spacial score (nSPS) is 9.96. The van der Waals surface area contributed by atoms with E-state index in [9.17, 15) is 14.7 Å². The number of benzene rings is 2. The van der Waals surface area contributed by atoms with Crippen LogP contribution in [0, 0.1) is 0 Å². The summed E-state index contributed by atoms with van der Waals surface area (Å²) >= 11 is 0. The maximum Gasteiger partial charge on any atom is 0.411 e. The fraction of sp³-hybridized carbons (Fsp3) is 0.176. The summed E-state index contributed by atoms with van der Waals surface area (Å²) in [7, 11) is 4.16. The van der Waals surface area contributed by atoms with E-state index in [1.165, 1.54) is 27.4 Å². The van der Waals surface area contributed by atoms with Gasteiger partial charge >= 0.3 is 12.1 Å². The first-order valence-corrected chi connectivity index (χ1v) is 6.95. The van der Waals surface area contributed by atoms with Gasteiger partial charge in [-0.1, -0.05) is 6.07 Å². The van der Waals surface area contributed by atoms with E-state index in [-0.39, 0.29) is 11.3 Å². The molecule has 7 heteroatoms. The summed E-state index contributed by atoms with van der Waals surface area (Å²) in [5.41, 5.74) is 1.67. The molecule has 0 aromatic heterocycles. The summed E-state index contributed by atoms with van der Waals surface area (Å²) in [6, 6.07) is 9.79. The van der Waals surface area contributed by atoms with Crippen LogP contribution in [-0.4, -0.2) is 38.5 Å². The first-order chi connectivity index (χ1) is 11.5. The molecule has 2 aromatic carbocycles. The zero-order chi connectivity index (χ0) is 17.7. The lowest BCUT2D eigenvalue weighted by Gasteiger charge is -2.14. The van der Waals surface area contributed by atoms with E-state index >= 15 is 0 Å². The zero-order valence-corrected chi connectivity index (χ0v) is 13.5. The SMILES string of the molecule is COC(=O)Nc1cc(OC)ccc1-c1ccc(OC)c(C(=O)O)c1. The molecule has 2 aromatic rings. The Balaban J connectivity index is 2.56. The number of hydrogen-bond donors (Lipinski definition) is 2. The Morgan fingerprint density at radius 1 is 1.00 bits per heavy atom. The van der Waals surface area contributed by atoms with Crippen molar-refractivity contribution >= 4 is 17.7 Å². The number of carboxylic acid groups (broad SMARTS) is 1. The average molecular weight is 331 g/mol. The van der Waals surface area contributed by atoms with Crippen LogP contribution in [0.4, 0.5) is 10.5 Å². The first-order valence-electron chi connectivity index (χ1n) is 6.95. The number of ether oxygens (including phenoxy) is 3. The Morgan fingerprint density at radius 3 is 2.33 bits per heavy atom. The van der Waals surface area contributed by atoms with Crippen molar-refractivity contribution in [3.05, 3.63) is 42.0 Å². The Bertz CT molecular complexity index is 772. The highest BCUT2D eigenvalue weighted by molar-refractivity contribution is 5.96. The third kappa shape index (κ3) is 3.57. The molecule has 0 unspecified atom stereocenters. The van der Waals surface area contributed by atoms with Gasteiger partial charge in [-0.05, 0) is 29.8 Å². The Kier molecular flexibility index (Phi) is 5.26. The molecule has 0 aliphatic rings. The molecule has 0 heterocycles. The van der Waals surface area contributed by atoms with Gasteiger partial charge < -0.3 is 19.3 Å². The molecule has 7 nitrogen and oxygen atoms in total. The van der Waals surface area contributed by atoms with Crippen molar-refractivity contribution in [2.45, 2.75) is 0 Å². The van der Waals surface area contributed by atoms with Crippen LogP contribution in [0.1, 0.15) is 10.4 Å². The molecule has 0 saturated carbocycles. The monoisotopic (exact) mass is 331 g/mol. The highest BCUT2D eigenvalue weighted by Crippen LogP contribution is 2.34. The molecule has 0 atom stereocenters. The van der Waals surface area contributed by atoms with E-state index in [1.54, 1.807) is 30.3 Å². The fourth-order valence-electron chi connectivity index (χ4n) is 2.21. The third-order valence-corrected chi connectivity index (χ3v) is 3.39. The quantitative estimate of drug-likeness (QED) is 0.873. The Morgan fingerprint density at radius 2 is 1.75 bits per heavy atom. The third-order valence-electron chi connectivity index (χ3n) is 3.39. The maximum absolute atomic E-state index is 11.6. The van der Waals surface area contributed by atoms with Crippen molar-refractivity contribution in [1.82, 2.24) is 0 Å². The summed E-state index contributed by atoms with van der Waals surface area (Å²) in [6.07, 6.45) is -0.642. The number of carboxylic acids is 1. The van der Waals surface area contributed by atoms with Crippen LogP contribution in [-0.2, 0) is 4.74 Å². The second-order valence-corrected chi connectivity index (χ2v) is 4.75. The summed E-state index contributed by atoms with van der Waals surface area (Å²) < 4.78 is 14.8. The van der Waals surface area contributed by atoms with Crippen LogP contribution >= 0.6 is 0 Å². The molecule has 2 N–H and O–H groups in total. The average Bonchev–Trinajstić information content (AvgIpc) is 2.60. The van der Waals surface area contributed by atoms with Crippen molar-refractivity contribution in [3.8, 4) is 22.6 Å². The number of aromatic carboxylic acids is 1. The number of rotatable bonds is 5. The number of anilines is 1. The topological polar surface area (TPSA) is 94.1 Å². The molecule has 0 bridgehead atoms. The molecule has 0 fully saturated rings. The molecule has 2 rings (SSSR count). The number of carbonyl (C=O) groups excluding carboxylic acids is 1. The highest BCUT2D eigenvalue weighted by atomic mass is 16.5. The molecular formula is C17H17NO6. The molecule has 24 heavy (non-hydrogen) atoms. The fourth-order valence-corrected chi connectivity index (χ4v) is 2.21. The van der Waals surface area contributed by atoms with Gasteiger partial charge in [-0.2, -0.15) is 0 Å². The maximum atomic E-state index is 11.6. The highest BCUT2D eigenvalue weighted by Gasteiger charge is 2.15. The van der Waals surface area contributed by atoms with Crippen LogP contribution in [0.25, 0.3) is 11.1 Å². The smallest absolute Gasteiger partial charge is 0.411 e. The Hall–Kier alpha value is -3.22. The van der Waals surface area contributed by atoms with E-state index in [0.29, 0.717) is 22.6 Å².